The van der Waals surface area contributed by atoms with Crippen molar-refractivity contribution in [1.82, 2.24) is 5.32 Å². The van der Waals surface area contributed by atoms with Gasteiger partial charge in [-0.1, -0.05) is 33.3 Å². The summed E-state index contributed by atoms with van der Waals surface area (Å²) in [5.41, 5.74) is 1.20. The van der Waals surface area contributed by atoms with Gasteiger partial charge in [0.25, 0.3) is 0 Å². The van der Waals surface area contributed by atoms with Gasteiger partial charge in [0, 0.05) is 18.2 Å². The number of hydrogen-bond acceptors (Lipinski definition) is 3. The van der Waals surface area contributed by atoms with Crippen molar-refractivity contribution in [2.24, 2.45) is 0 Å². The van der Waals surface area contributed by atoms with Gasteiger partial charge in [0.1, 0.15) is 11.5 Å². The minimum absolute atomic E-state index is 0.216. The van der Waals surface area contributed by atoms with E-state index in [2.05, 4.69) is 46.0 Å². The molecule has 0 saturated carbocycles. The first-order chi connectivity index (χ1) is 10.6. The van der Waals surface area contributed by atoms with Gasteiger partial charge in [0.2, 0.25) is 0 Å². The predicted molar refractivity (Wildman–Crippen MR) is 93.8 cm³/mol. The smallest absolute Gasteiger partial charge is 0.127 e. The highest BCUT2D eigenvalue weighted by atomic mass is 16.5. The van der Waals surface area contributed by atoms with Gasteiger partial charge in [0.15, 0.2) is 0 Å². The zero-order chi connectivity index (χ0) is 16.4. The number of ether oxygens (including phenoxy) is 2. The molecular weight excluding hydrogens is 274 g/mol. The molecule has 0 fully saturated rings. The Morgan fingerprint density at radius 3 is 2.32 bits per heavy atom. The lowest BCUT2D eigenvalue weighted by Crippen LogP contribution is -2.17. The predicted octanol–water partition coefficient (Wildman–Crippen LogP) is 4.93. The molecule has 0 bridgehead atoms. The molecule has 0 aliphatic heterocycles. The molecule has 0 amide bonds. The first-order valence-electron chi connectivity index (χ1n) is 8.77. The molecule has 22 heavy (non-hydrogen) atoms. The van der Waals surface area contributed by atoms with E-state index in [1.807, 2.05) is 12.1 Å². The first-order valence-corrected chi connectivity index (χ1v) is 8.77. The summed E-state index contributed by atoms with van der Waals surface area (Å²) in [6.07, 6.45) is 4.86. The largest absolute Gasteiger partial charge is 0.491 e. The maximum atomic E-state index is 6.09. The summed E-state index contributed by atoms with van der Waals surface area (Å²) >= 11 is 0. The molecule has 0 aliphatic carbocycles. The highest BCUT2D eigenvalue weighted by Gasteiger charge is 2.10. The van der Waals surface area contributed by atoms with E-state index in [0.717, 1.165) is 37.4 Å². The topological polar surface area (TPSA) is 30.5 Å². The summed E-state index contributed by atoms with van der Waals surface area (Å²) in [5.74, 6) is 1.84. The molecule has 1 aromatic carbocycles. The van der Waals surface area contributed by atoms with Crippen LogP contribution in [0, 0.1) is 0 Å². The number of benzene rings is 1. The maximum Gasteiger partial charge on any atom is 0.127 e. The Labute approximate surface area is 136 Å². The molecule has 3 heteroatoms. The Bertz CT molecular complexity index is 420. The molecule has 3 nitrogen and oxygen atoms in total. The minimum atomic E-state index is 0.216. The van der Waals surface area contributed by atoms with Crippen LogP contribution in [0.2, 0.25) is 0 Å². The Morgan fingerprint density at radius 2 is 1.68 bits per heavy atom. The summed E-state index contributed by atoms with van der Waals surface area (Å²) < 4.78 is 12.0. The van der Waals surface area contributed by atoms with Gasteiger partial charge in [-0.05, 0) is 45.7 Å². The molecule has 126 valence electrons. The molecule has 0 saturated heterocycles. The molecule has 2 unspecified atom stereocenters. The van der Waals surface area contributed by atoms with Gasteiger partial charge in [0.05, 0.1) is 12.2 Å². The molecule has 0 heterocycles. The Balaban J connectivity index is 2.79. The zero-order valence-corrected chi connectivity index (χ0v) is 14.9. The van der Waals surface area contributed by atoms with Gasteiger partial charge in [-0.3, -0.25) is 0 Å². The maximum absolute atomic E-state index is 6.09. The van der Waals surface area contributed by atoms with Crippen molar-refractivity contribution in [2.45, 2.75) is 79.1 Å². The molecule has 1 N–H and O–H groups in total. The van der Waals surface area contributed by atoms with Gasteiger partial charge in [-0.25, -0.2) is 0 Å². The summed E-state index contributed by atoms with van der Waals surface area (Å²) in [6.45, 7) is 12.6. The molecule has 0 radical (unpaired) electrons. The lowest BCUT2D eigenvalue weighted by molar-refractivity contribution is 0.203. The third-order valence-electron chi connectivity index (χ3n) is 3.88. The van der Waals surface area contributed by atoms with Gasteiger partial charge in [-0.2, -0.15) is 0 Å². The van der Waals surface area contributed by atoms with Crippen molar-refractivity contribution in [3.63, 3.8) is 0 Å². The van der Waals surface area contributed by atoms with Crippen LogP contribution < -0.4 is 14.8 Å². The van der Waals surface area contributed by atoms with Crippen molar-refractivity contribution in [3.05, 3.63) is 23.8 Å². The van der Waals surface area contributed by atoms with E-state index in [1.165, 1.54) is 18.4 Å². The fourth-order valence-electron chi connectivity index (χ4n) is 2.00. The van der Waals surface area contributed by atoms with Crippen LogP contribution >= 0.6 is 0 Å². The van der Waals surface area contributed by atoms with Crippen LogP contribution in [0.4, 0.5) is 0 Å². The second-order valence-corrected chi connectivity index (χ2v) is 5.97. The quantitative estimate of drug-likeness (QED) is 0.588. The van der Waals surface area contributed by atoms with Crippen LogP contribution in [-0.4, -0.2) is 18.8 Å². The third kappa shape index (κ3) is 6.69. The Kier molecular flexibility index (Phi) is 8.98. The van der Waals surface area contributed by atoms with E-state index in [1.54, 1.807) is 0 Å². The second-order valence-electron chi connectivity index (χ2n) is 5.97. The highest BCUT2D eigenvalue weighted by Crippen LogP contribution is 2.27. The zero-order valence-electron chi connectivity index (χ0n) is 14.9. The van der Waals surface area contributed by atoms with Crippen molar-refractivity contribution < 1.29 is 9.47 Å². The SMILES string of the molecule is CCCCNCc1ccc(OC(C)CC)cc1OC(C)CC. The van der Waals surface area contributed by atoms with Gasteiger partial charge in [-0.15, -0.1) is 0 Å². The van der Waals surface area contributed by atoms with Crippen LogP contribution in [-0.2, 0) is 6.54 Å². The van der Waals surface area contributed by atoms with E-state index in [0.29, 0.717) is 0 Å². The average molecular weight is 307 g/mol. The van der Waals surface area contributed by atoms with E-state index in [4.69, 9.17) is 9.47 Å². The van der Waals surface area contributed by atoms with E-state index < -0.39 is 0 Å². The third-order valence-corrected chi connectivity index (χ3v) is 3.88. The molecule has 0 aliphatic rings. The first kappa shape index (κ1) is 18.8. The Hall–Kier alpha value is -1.22. The van der Waals surface area contributed by atoms with Crippen molar-refractivity contribution >= 4 is 0 Å². The fraction of sp³-hybridized carbons (Fsp3) is 0.684. The fourth-order valence-corrected chi connectivity index (χ4v) is 2.00. The molecule has 0 aromatic heterocycles. The normalized spacial score (nSPS) is 13.7. The summed E-state index contributed by atoms with van der Waals surface area (Å²) in [4.78, 5) is 0. The van der Waals surface area contributed by atoms with Crippen molar-refractivity contribution in [2.75, 3.05) is 6.54 Å². The van der Waals surface area contributed by atoms with Crippen LogP contribution in [0.1, 0.15) is 65.9 Å². The summed E-state index contributed by atoms with van der Waals surface area (Å²) in [6, 6.07) is 6.20. The number of hydrogen-bond donors (Lipinski definition) is 1. The van der Waals surface area contributed by atoms with Crippen LogP contribution in [0.3, 0.4) is 0 Å². The summed E-state index contributed by atoms with van der Waals surface area (Å²) in [7, 11) is 0. The molecule has 1 rings (SSSR count). The Morgan fingerprint density at radius 1 is 1.00 bits per heavy atom. The lowest BCUT2D eigenvalue weighted by Gasteiger charge is -2.19. The van der Waals surface area contributed by atoms with Crippen molar-refractivity contribution in [1.29, 1.82) is 0 Å². The van der Waals surface area contributed by atoms with E-state index in [9.17, 15) is 0 Å². The number of nitrogens with one attached hydrogen (secondary N) is 1. The van der Waals surface area contributed by atoms with E-state index >= 15 is 0 Å². The monoisotopic (exact) mass is 307 g/mol. The van der Waals surface area contributed by atoms with Gasteiger partial charge < -0.3 is 14.8 Å². The second kappa shape index (κ2) is 10.5. The standard InChI is InChI=1S/C19H33NO2/c1-6-9-12-20-14-17-10-11-18(21-15(4)7-2)13-19(17)22-16(5)8-3/h10-11,13,15-16,20H,6-9,12,14H2,1-5H3. The lowest BCUT2D eigenvalue weighted by atomic mass is 10.1. The van der Waals surface area contributed by atoms with Crippen molar-refractivity contribution in [3.8, 4) is 11.5 Å². The number of unbranched alkanes of at least 4 members (excludes halogenated alkanes) is 1. The van der Waals surface area contributed by atoms with Crippen LogP contribution in [0.5, 0.6) is 11.5 Å². The van der Waals surface area contributed by atoms with Gasteiger partial charge >= 0.3 is 0 Å². The molecular formula is C19H33NO2. The molecule has 2 atom stereocenters. The highest BCUT2D eigenvalue weighted by molar-refractivity contribution is 5.41. The molecule has 0 spiro atoms. The van der Waals surface area contributed by atoms with Crippen LogP contribution in [0.25, 0.3) is 0 Å². The van der Waals surface area contributed by atoms with E-state index in [-0.39, 0.29) is 12.2 Å². The van der Waals surface area contributed by atoms with Crippen LogP contribution in [0.15, 0.2) is 18.2 Å². The minimum Gasteiger partial charge on any atom is -0.491 e. The number of rotatable bonds is 11. The average Bonchev–Trinajstić information content (AvgIpc) is 2.52. The summed E-state index contributed by atoms with van der Waals surface area (Å²) in [5, 5.41) is 3.48. The molecule has 1 aromatic rings.